The molecule has 21 heavy (non-hydrogen) atoms. The van der Waals surface area contributed by atoms with Crippen molar-refractivity contribution in [3.8, 4) is 0 Å². The van der Waals surface area contributed by atoms with Crippen LogP contribution in [0.15, 0.2) is 36.4 Å². The van der Waals surface area contributed by atoms with Gasteiger partial charge < -0.3 is 5.32 Å². The molecule has 1 N–H and O–H groups in total. The minimum absolute atomic E-state index is 0.112. The second-order valence-corrected chi connectivity index (χ2v) is 4.93. The lowest BCUT2D eigenvalue weighted by Gasteiger charge is -2.05. The fourth-order valence-electron chi connectivity index (χ4n) is 2.34. The molecule has 106 valence electrons. The molecule has 1 aliphatic rings. The van der Waals surface area contributed by atoms with Crippen LogP contribution >= 0.6 is 0 Å². The van der Waals surface area contributed by atoms with Gasteiger partial charge in [-0.2, -0.15) is 0 Å². The van der Waals surface area contributed by atoms with Crippen molar-refractivity contribution < 1.29 is 18.4 Å². The van der Waals surface area contributed by atoms with Gasteiger partial charge in [0, 0.05) is 23.7 Å². The number of anilines is 1. The van der Waals surface area contributed by atoms with Crippen LogP contribution in [-0.4, -0.2) is 11.7 Å². The van der Waals surface area contributed by atoms with E-state index < -0.39 is 11.6 Å². The monoisotopic (exact) mass is 287 g/mol. The Hall–Kier alpha value is -2.56. The number of carbonyl (C=O) groups is 2. The Kier molecular flexibility index (Phi) is 3.25. The molecule has 0 unspecified atom stereocenters. The number of amides is 1. The highest BCUT2D eigenvalue weighted by Gasteiger charge is 2.19. The third-order valence-electron chi connectivity index (χ3n) is 3.42. The fraction of sp³-hybridized carbons (Fsp3) is 0.125. The normalized spacial score (nSPS) is 13.0. The Morgan fingerprint density at radius 2 is 1.95 bits per heavy atom. The van der Waals surface area contributed by atoms with E-state index >= 15 is 0 Å². The number of carbonyl (C=O) groups excluding carboxylic acids is 2. The maximum absolute atomic E-state index is 13.6. The molecule has 1 amide bonds. The summed E-state index contributed by atoms with van der Waals surface area (Å²) in [5.41, 5.74) is 2.01. The zero-order valence-corrected chi connectivity index (χ0v) is 11.0. The van der Waals surface area contributed by atoms with E-state index in [-0.39, 0.29) is 30.1 Å². The van der Waals surface area contributed by atoms with Crippen LogP contribution in [0.1, 0.15) is 21.5 Å². The molecular weight excluding hydrogens is 276 g/mol. The summed E-state index contributed by atoms with van der Waals surface area (Å²) < 4.78 is 26.4. The Labute approximate surface area is 119 Å². The molecule has 3 rings (SSSR count). The maximum atomic E-state index is 13.6. The number of ketones is 1. The molecule has 0 bridgehead atoms. The first-order valence-corrected chi connectivity index (χ1v) is 6.43. The van der Waals surface area contributed by atoms with Crippen LogP contribution in [0.5, 0.6) is 0 Å². The van der Waals surface area contributed by atoms with E-state index in [1.165, 1.54) is 6.07 Å². The number of fused-ring (bicyclic) bond motifs is 1. The summed E-state index contributed by atoms with van der Waals surface area (Å²) in [6.07, 6.45) is 0.0909. The van der Waals surface area contributed by atoms with Gasteiger partial charge >= 0.3 is 0 Å². The zero-order valence-electron chi connectivity index (χ0n) is 11.0. The van der Waals surface area contributed by atoms with Crippen molar-refractivity contribution in [3.05, 3.63) is 64.7 Å². The number of Topliss-reactive ketones (excluding diaryl/α,β-unsaturated/α-hetero) is 1. The van der Waals surface area contributed by atoms with Crippen molar-refractivity contribution >= 4 is 17.4 Å². The predicted molar refractivity (Wildman–Crippen MR) is 73.2 cm³/mol. The molecule has 0 saturated carbocycles. The SMILES string of the molecule is O=C1Cc2cc(C(=O)Cc3ccc(F)cc3F)ccc2N1. The molecule has 0 saturated heterocycles. The standard InChI is InChI=1S/C16H11F2NO2/c17-12-3-1-9(13(18)8-12)6-15(20)10-2-4-14-11(5-10)7-16(21)19-14/h1-5,8H,6-7H2,(H,19,21). The highest BCUT2D eigenvalue weighted by Crippen LogP contribution is 2.24. The van der Waals surface area contributed by atoms with Crippen LogP contribution in [0.2, 0.25) is 0 Å². The number of nitrogens with one attached hydrogen (secondary N) is 1. The predicted octanol–water partition coefficient (Wildman–Crippen LogP) is 2.88. The van der Waals surface area contributed by atoms with Gasteiger partial charge in [-0.3, -0.25) is 9.59 Å². The van der Waals surface area contributed by atoms with E-state index in [2.05, 4.69) is 5.32 Å². The van der Waals surface area contributed by atoms with Gasteiger partial charge in [-0.1, -0.05) is 6.07 Å². The molecule has 5 heteroatoms. The van der Waals surface area contributed by atoms with Crippen molar-refractivity contribution in [2.45, 2.75) is 12.8 Å². The summed E-state index contributed by atoms with van der Waals surface area (Å²) in [7, 11) is 0. The Balaban J connectivity index is 1.83. The molecule has 1 heterocycles. The van der Waals surface area contributed by atoms with Gasteiger partial charge in [0.15, 0.2) is 5.78 Å². The van der Waals surface area contributed by atoms with E-state index in [1.807, 2.05) is 0 Å². The van der Waals surface area contributed by atoms with E-state index in [0.717, 1.165) is 17.7 Å². The lowest BCUT2D eigenvalue weighted by Crippen LogP contribution is -2.06. The lowest BCUT2D eigenvalue weighted by molar-refractivity contribution is -0.115. The number of halogens is 2. The molecular formula is C16H11F2NO2. The average Bonchev–Trinajstić information content (AvgIpc) is 2.80. The van der Waals surface area contributed by atoms with Gasteiger partial charge in [0.05, 0.1) is 6.42 Å². The highest BCUT2D eigenvalue weighted by atomic mass is 19.1. The van der Waals surface area contributed by atoms with Crippen molar-refractivity contribution in [1.82, 2.24) is 0 Å². The van der Waals surface area contributed by atoms with E-state index in [1.54, 1.807) is 18.2 Å². The van der Waals surface area contributed by atoms with Crippen LogP contribution in [0.3, 0.4) is 0 Å². The summed E-state index contributed by atoms with van der Waals surface area (Å²) in [5.74, 6) is -1.80. The summed E-state index contributed by atoms with van der Waals surface area (Å²) in [4.78, 5) is 23.4. The molecule has 0 radical (unpaired) electrons. The zero-order chi connectivity index (χ0) is 15.0. The van der Waals surface area contributed by atoms with Gasteiger partial charge in [-0.15, -0.1) is 0 Å². The van der Waals surface area contributed by atoms with Crippen molar-refractivity contribution in [1.29, 1.82) is 0 Å². The summed E-state index contributed by atoms with van der Waals surface area (Å²) in [6.45, 7) is 0. The van der Waals surface area contributed by atoms with Crippen LogP contribution in [0.25, 0.3) is 0 Å². The first-order valence-electron chi connectivity index (χ1n) is 6.43. The molecule has 1 aliphatic heterocycles. The topological polar surface area (TPSA) is 46.2 Å². The van der Waals surface area contributed by atoms with Gasteiger partial charge in [0.25, 0.3) is 0 Å². The van der Waals surface area contributed by atoms with Gasteiger partial charge in [-0.05, 0) is 35.4 Å². The molecule has 0 aromatic heterocycles. The molecule has 3 nitrogen and oxygen atoms in total. The van der Waals surface area contributed by atoms with Crippen LogP contribution in [0.4, 0.5) is 14.5 Å². The molecule has 0 fully saturated rings. The first-order chi connectivity index (χ1) is 10.0. The third-order valence-corrected chi connectivity index (χ3v) is 3.42. The second-order valence-electron chi connectivity index (χ2n) is 4.93. The van der Waals surface area contributed by atoms with Crippen molar-refractivity contribution in [3.63, 3.8) is 0 Å². The largest absolute Gasteiger partial charge is 0.326 e. The number of hydrogen-bond donors (Lipinski definition) is 1. The number of hydrogen-bond acceptors (Lipinski definition) is 2. The number of rotatable bonds is 3. The lowest BCUT2D eigenvalue weighted by atomic mass is 10.00. The average molecular weight is 287 g/mol. The third kappa shape index (κ3) is 2.67. The van der Waals surface area contributed by atoms with E-state index in [9.17, 15) is 18.4 Å². The Morgan fingerprint density at radius 1 is 1.14 bits per heavy atom. The molecule has 0 aliphatic carbocycles. The highest BCUT2D eigenvalue weighted by molar-refractivity contribution is 6.02. The van der Waals surface area contributed by atoms with Gasteiger partial charge in [0.2, 0.25) is 5.91 Å². The van der Waals surface area contributed by atoms with E-state index in [0.29, 0.717) is 11.3 Å². The molecule has 0 atom stereocenters. The van der Waals surface area contributed by atoms with Crippen LogP contribution in [0, 0.1) is 11.6 Å². The van der Waals surface area contributed by atoms with Crippen LogP contribution in [-0.2, 0) is 17.6 Å². The second kappa shape index (κ2) is 5.09. The molecule has 0 spiro atoms. The van der Waals surface area contributed by atoms with E-state index in [4.69, 9.17) is 0 Å². The summed E-state index contributed by atoms with van der Waals surface area (Å²) in [6, 6.07) is 8.03. The first kappa shape index (κ1) is 13.4. The minimum atomic E-state index is -0.735. The molecule has 2 aromatic carbocycles. The van der Waals surface area contributed by atoms with Crippen LogP contribution < -0.4 is 5.32 Å². The summed E-state index contributed by atoms with van der Waals surface area (Å²) >= 11 is 0. The number of benzene rings is 2. The fourth-order valence-corrected chi connectivity index (χ4v) is 2.34. The molecule has 2 aromatic rings. The Bertz CT molecular complexity index is 756. The quantitative estimate of drug-likeness (QED) is 0.882. The summed E-state index contributed by atoms with van der Waals surface area (Å²) in [5, 5.41) is 2.68. The Morgan fingerprint density at radius 3 is 2.71 bits per heavy atom. The van der Waals surface area contributed by atoms with Gasteiger partial charge in [-0.25, -0.2) is 8.78 Å². The maximum Gasteiger partial charge on any atom is 0.228 e. The van der Waals surface area contributed by atoms with Crippen molar-refractivity contribution in [2.75, 3.05) is 5.32 Å². The van der Waals surface area contributed by atoms with Crippen molar-refractivity contribution in [2.24, 2.45) is 0 Å². The van der Waals surface area contributed by atoms with Gasteiger partial charge in [0.1, 0.15) is 11.6 Å². The minimum Gasteiger partial charge on any atom is -0.326 e. The smallest absolute Gasteiger partial charge is 0.228 e.